The molecular weight excluding hydrogens is 387 g/mol. The minimum Gasteiger partial charge on any atom is -0.473 e. The molecule has 4 rings (SSSR count). The van der Waals surface area contributed by atoms with Gasteiger partial charge in [0.1, 0.15) is 18.1 Å². The average molecular weight is 408 g/mol. The Kier molecular flexibility index (Phi) is 5.42. The molecule has 0 bridgehead atoms. The molecule has 1 amide bonds. The fraction of sp³-hybridized carbons (Fsp3) is 0.238. The highest BCUT2D eigenvalue weighted by molar-refractivity contribution is 6.00. The Morgan fingerprint density at radius 1 is 1.17 bits per heavy atom. The summed E-state index contributed by atoms with van der Waals surface area (Å²) in [6, 6.07) is 9.84. The van der Waals surface area contributed by atoms with Gasteiger partial charge >= 0.3 is 0 Å². The van der Waals surface area contributed by atoms with Crippen LogP contribution in [0.25, 0.3) is 0 Å². The summed E-state index contributed by atoms with van der Waals surface area (Å²) in [7, 11) is 1.82. The monoisotopic (exact) mass is 408 g/mol. The van der Waals surface area contributed by atoms with Crippen LogP contribution in [0.5, 0.6) is 5.88 Å². The number of pyridine rings is 1. The zero-order valence-electron chi connectivity index (χ0n) is 16.6. The Morgan fingerprint density at radius 3 is 2.67 bits per heavy atom. The van der Waals surface area contributed by atoms with E-state index < -0.39 is 0 Å². The Labute approximate surface area is 173 Å². The lowest BCUT2D eigenvalue weighted by atomic mass is 10.2. The van der Waals surface area contributed by atoms with Gasteiger partial charge in [-0.15, -0.1) is 0 Å². The third kappa shape index (κ3) is 4.45. The van der Waals surface area contributed by atoms with Crippen molar-refractivity contribution in [3.63, 3.8) is 0 Å². The summed E-state index contributed by atoms with van der Waals surface area (Å²) in [5, 5.41) is 6.00. The average Bonchev–Trinajstić information content (AvgIpc) is 2.73. The van der Waals surface area contributed by atoms with Gasteiger partial charge in [0.2, 0.25) is 17.7 Å². The molecule has 2 N–H and O–H groups in total. The molecule has 3 aromatic rings. The van der Waals surface area contributed by atoms with Gasteiger partial charge in [-0.1, -0.05) is 18.2 Å². The maximum atomic E-state index is 12.9. The molecule has 0 spiro atoms. The summed E-state index contributed by atoms with van der Waals surface area (Å²) >= 11 is 0. The number of rotatable bonds is 6. The number of fused-ring (bicyclic) bond motifs is 1. The molecule has 3 heterocycles. The van der Waals surface area contributed by atoms with E-state index >= 15 is 0 Å². The molecule has 1 aliphatic heterocycles. The quantitative estimate of drug-likeness (QED) is 0.648. The molecule has 0 saturated carbocycles. The maximum Gasteiger partial charge on any atom is 0.244 e. The van der Waals surface area contributed by atoms with E-state index in [1.54, 1.807) is 29.3 Å². The number of hydrogen-bond acceptors (Lipinski definition) is 7. The summed E-state index contributed by atoms with van der Waals surface area (Å²) in [5.41, 5.74) is 3.14. The highest BCUT2D eigenvalue weighted by Gasteiger charge is 2.23. The lowest BCUT2D eigenvalue weighted by Gasteiger charge is -2.27. The molecule has 1 aliphatic rings. The topological polar surface area (TPSA) is 92.3 Å². The molecule has 0 radical (unpaired) electrons. The van der Waals surface area contributed by atoms with E-state index in [-0.39, 0.29) is 18.3 Å². The smallest absolute Gasteiger partial charge is 0.244 e. The lowest BCUT2D eigenvalue weighted by molar-refractivity contribution is -0.115. The van der Waals surface area contributed by atoms with E-state index in [4.69, 9.17) is 4.74 Å². The van der Waals surface area contributed by atoms with Crippen molar-refractivity contribution < 1.29 is 13.9 Å². The van der Waals surface area contributed by atoms with Crippen LogP contribution in [0.4, 0.5) is 21.8 Å². The minimum absolute atomic E-state index is 0.0785. The third-order valence-electron chi connectivity index (χ3n) is 4.63. The van der Waals surface area contributed by atoms with E-state index in [1.807, 2.05) is 20.0 Å². The zero-order chi connectivity index (χ0) is 21.1. The van der Waals surface area contributed by atoms with Crippen LogP contribution in [0.3, 0.4) is 0 Å². The fourth-order valence-electron chi connectivity index (χ4n) is 3.05. The normalized spacial score (nSPS) is 12.9. The van der Waals surface area contributed by atoms with E-state index in [2.05, 4.69) is 25.6 Å². The van der Waals surface area contributed by atoms with E-state index in [9.17, 15) is 9.18 Å². The van der Waals surface area contributed by atoms with Crippen LogP contribution < -0.4 is 20.3 Å². The Morgan fingerprint density at radius 2 is 1.93 bits per heavy atom. The molecular formula is C21H21FN6O2. The summed E-state index contributed by atoms with van der Waals surface area (Å²) in [4.78, 5) is 26.7. The fourth-order valence-corrected chi connectivity index (χ4v) is 3.05. The van der Waals surface area contributed by atoms with Crippen LogP contribution in [0.2, 0.25) is 0 Å². The van der Waals surface area contributed by atoms with Gasteiger partial charge in [0.15, 0.2) is 5.82 Å². The van der Waals surface area contributed by atoms with Crippen LogP contribution in [-0.4, -0.2) is 34.5 Å². The van der Waals surface area contributed by atoms with Crippen molar-refractivity contribution in [2.75, 3.05) is 29.1 Å². The minimum atomic E-state index is -0.275. The molecule has 154 valence electrons. The number of carbonyl (C=O) groups excluding carboxylic acids is 1. The number of ether oxygens (including phenoxy) is 1. The Hall–Kier alpha value is -3.75. The molecule has 0 atom stereocenters. The van der Waals surface area contributed by atoms with E-state index in [1.165, 1.54) is 12.1 Å². The zero-order valence-corrected chi connectivity index (χ0v) is 16.6. The summed E-state index contributed by atoms with van der Waals surface area (Å²) in [5.74, 6) is 1.30. The molecule has 0 unspecified atom stereocenters. The second kappa shape index (κ2) is 8.32. The predicted octanol–water partition coefficient (Wildman–Crippen LogP) is 2.90. The molecule has 8 nitrogen and oxygen atoms in total. The Balaban J connectivity index is 1.36. The van der Waals surface area contributed by atoms with Crippen LogP contribution >= 0.6 is 0 Å². The number of amides is 1. The second-order valence-electron chi connectivity index (χ2n) is 7.01. The number of nitrogens with zero attached hydrogens (tertiary/aromatic N) is 4. The number of carbonyl (C=O) groups is 1. The van der Waals surface area contributed by atoms with Crippen molar-refractivity contribution in [1.29, 1.82) is 0 Å². The summed E-state index contributed by atoms with van der Waals surface area (Å²) < 4.78 is 18.6. The van der Waals surface area contributed by atoms with Gasteiger partial charge in [-0.3, -0.25) is 4.79 Å². The van der Waals surface area contributed by atoms with Crippen LogP contribution in [0, 0.1) is 12.7 Å². The van der Waals surface area contributed by atoms with Gasteiger partial charge in [-0.2, -0.15) is 4.98 Å². The maximum absolute atomic E-state index is 12.9. The van der Waals surface area contributed by atoms with Gasteiger partial charge in [-0.05, 0) is 30.2 Å². The number of benzene rings is 1. The summed E-state index contributed by atoms with van der Waals surface area (Å²) in [6.45, 7) is 2.89. The van der Waals surface area contributed by atoms with Crippen molar-refractivity contribution >= 4 is 23.4 Å². The van der Waals surface area contributed by atoms with Crippen molar-refractivity contribution in [2.24, 2.45) is 0 Å². The summed E-state index contributed by atoms with van der Waals surface area (Å²) in [6.07, 6.45) is 1.71. The first-order chi connectivity index (χ1) is 14.5. The lowest BCUT2D eigenvalue weighted by Crippen LogP contribution is -2.36. The largest absolute Gasteiger partial charge is 0.473 e. The van der Waals surface area contributed by atoms with E-state index in [0.29, 0.717) is 42.2 Å². The number of aryl methyl sites for hydroxylation is 1. The van der Waals surface area contributed by atoms with Crippen LogP contribution in [-0.2, 0) is 17.9 Å². The first-order valence-electron chi connectivity index (χ1n) is 9.43. The number of hydrogen-bond donors (Lipinski definition) is 2. The van der Waals surface area contributed by atoms with Crippen molar-refractivity contribution in [2.45, 2.75) is 20.1 Å². The second-order valence-corrected chi connectivity index (χ2v) is 7.01. The Bertz CT molecular complexity index is 1060. The van der Waals surface area contributed by atoms with E-state index in [0.717, 1.165) is 11.1 Å². The third-order valence-corrected chi connectivity index (χ3v) is 4.63. The van der Waals surface area contributed by atoms with Crippen molar-refractivity contribution in [3.8, 4) is 5.88 Å². The first kappa shape index (κ1) is 19.6. The standard InChI is InChI=1S/C21H21FN6O2/c1-13-19-20(28(2)11-17(29)26-19)27-21(25-13)24-10-15-5-8-18(23-9-15)30-12-14-3-6-16(22)7-4-14/h3-9H,10-12H2,1-2H3,(H,26,29)(H,24,25,27). The molecule has 1 aromatic carbocycles. The SMILES string of the molecule is Cc1nc(NCc2ccc(OCc3ccc(F)cc3)nc2)nc2c1NC(=O)CN2C. The molecule has 2 aromatic heterocycles. The number of aromatic nitrogens is 3. The molecule has 0 saturated heterocycles. The molecule has 0 fully saturated rings. The van der Waals surface area contributed by atoms with Crippen molar-refractivity contribution in [1.82, 2.24) is 15.0 Å². The van der Waals surface area contributed by atoms with Crippen LogP contribution in [0.15, 0.2) is 42.6 Å². The highest BCUT2D eigenvalue weighted by Crippen LogP contribution is 2.29. The molecule has 30 heavy (non-hydrogen) atoms. The molecule has 0 aliphatic carbocycles. The van der Waals surface area contributed by atoms with Gasteiger partial charge < -0.3 is 20.3 Å². The van der Waals surface area contributed by atoms with Gasteiger partial charge in [0, 0.05) is 25.9 Å². The van der Waals surface area contributed by atoms with Gasteiger partial charge in [-0.25, -0.2) is 14.4 Å². The highest BCUT2D eigenvalue weighted by atomic mass is 19.1. The van der Waals surface area contributed by atoms with Gasteiger partial charge in [0.25, 0.3) is 0 Å². The number of halogens is 1. The predicted molar refractivity (Wildman–Crippen MR) is 111 cm³/mol. The van der Waals surface area contributed by atoms with Crippen molar-refractivity contribution in [3.05, 3.63) is 65.2 Å². The van der Waals surface area contributed by atoms with Crippen LogP contribution in [0.1, 0.15) is 16.8 Å². The van der Waals surface area contributed by atoms with Gasteiger partial charge in [0.05, 0.1) is 12.2 Å². The number of nitrogens with one attached hydrogen (secondary N) is 2. The number of anilines is 3. The number of likely N-dealkylation sites (N-methyl/N-ethyl adjacent to an activating group) is 1. The first-order valence-corrected chi connectivity index (χ1v) is 9.43. The molecule has 9 heteroatoms.